The van der Waals surface area contributed by atoms with Crippen LogP contribution in [0.1, 0.15) is 25.8 Å². The van der Waals surface area contributed by atoms with E-state index < -0.39 is 24.6 Å². The van der Waals surface area contributed by atoms with Crippen LogP contribution in [0.15, 0.2) is 23.0 Å². The summed E-state index contributed by atoms with van der Waals surface area (Å²) >= 11 is 0. The van der Waals surface area contributed by atoms with Gasteiger partial charge in [-0.2, -0.15) is 0 Å². The highest BCUT2D eigenvalue weighted by atomic mass is 16.7. The third-order valence-corrected chi connectivity index (χ3v) is 5.64. The zero-order valence-electron chi connectivity index (χ0n) is 14.7. The fourth-order valence-electron chi connectivity index (χ4n) is 4.07. The average molecular weight is 348 g/mol. The number of imidazole rings is 1. The zero-order chi connectivity index (χ0) is 17.9. The summed E-state index contributed by atoms with van der Waals surface area (Å²) in [5.74, 6) is 0. The van der Waals surface area contributed by atoms with E-state index in [0.717, 1.165) is 23.0 Å². The Hall–Kier alpha value is -1.67. The molecule has 25 heavy (non-hydrogen) atoms. The minimum Gasteiger partial charge on any atom is -0.387 e. The van der Waals surface area contributed by atoms with Crippen molar-refractivity contribution in [1.29, 1.82) is 0 Å². The maximum atomic E-state index is 12.9. The molecule has 2 aromatic rings. The monoisotopic (exact) mass is 348 g/mol. The van der Waals surface area contributed by atoms with Gasteiger partial charge in [-0.05, 0) is 23.5 Å². The van der Waals surface area contributed by atoms with Crippen molar-refractivity contribution in [2.75, 3.05) is 7.11 Å². The van der Waals surface area contributed by atoms with Gasteiger partial charge in [0, 0.05) is 13.7 Å². The van der Waals surface area contributed by atoms with Crippen LogP contribution in [0, 0.1) is 0 Å². The lowest BCUT2D eigenvalue weighted by atomic mass is 9.79. The van der Waals surface area contributed by atoms with Gasteiger partial charge in [0.05, 0.1) is 17.6 Å². The van der Waals surface area contributed by atoms with E-state index in [1.807, 2.05) is 16.7 Å². The molecule has 4 atom stereocenters. The number of aliphatic hydroxyl groups excluding tert-OH is 2. The van der Waals surface area contributed by atoms with E-state index in [1.165, 1.54) is 7.11 Å². The second kappa shape index (κ2) is 5.67. The number of para-hydroxylation sites is 1. The van der Waals surface area contributed by atoms with Gasteiger partial charge in [0.1, 0.15) is 18.3 Å². The van der Waals surface area contributed by atoms with Gasteiger partial charge in [0.15, 0.2) is 6.29 Å². The molecule has 0 bridgehead atoms. The Kier molecular flexibility index (Phi) is 3.81. The highest BCUT2D eigenvalue weighted by Gasteiger charge is 2.43. The first kappa shape index (κ1) is 16.8. The van der Waals surface area contributed by atoms with Gasteiger partial charge in [0.25, 0.3) is 0 Å². The first-order valence-electron chi connectivity index (χ1n) is 8.62. The van der Waals surface area contributed by atoms with Crippen LogP contribution in [0.25, 0.3) is 11.0 Å². The van der Waals surface area contributed by atoms with Gasteiger partial charge in [-0.3, -0.25) is 9.13 Å². The van der Waals surface area contributed by atoms with Gasteiger partial charge < -0.3 is 19.7 Å². The quantitative estimate of drug-likeness (QED) is 0.847. The molecule has 2 N–H and O–H groups in total. The van der Waals surface area contributed by atoms with E-state index >= 15 is 0 Å². The van der Waals surface area contributed by atoms with Crippen LogP contribution in [0.3, 0.4) is 0 Å². The lowest BCUT2D eigenvalue weighted by Gasteiger charge is -2.30. The number of aliphatic hydroxyl groups is 2. The number of nitrogens with zero attached hydrogens (tertiary/aromatic N) is 2. The van der Waals surface area contributed by atoms with Crippen molar-refractivity contribution >= 4 is 11.0 Å². The molecule has 1 aromatic heterocycles. The molecular weight excluding hydrogens is 324 g/mol. The van der Waals surface area contributed by atoms with Crippen LogP contribution < -0.4 is 5.69 Å². The molecule has 0 amide bonds. The van der Waals surface area contributed by atoms with Gasteiger partial charge in [-0.15, -0.1) is 0 Å². The van der Waals surface area contributed by atoms with E-state index in [2.05, 4.69) is 19.9 Å². The normalized spacial score (nSPS) is 30.9. The molecule has 0 saturated carbocycles. The second-order valence-electron chi connectivity index (χ2n) is 7.61. The van der Waals surface area contributed by atoms with E-state index in [9.17, 15) is 15.0 Å². The number of hydrogen-bond donors (Lipinski definition) is 2. The Labute approximate surface area is 145 Å². The summed E-state index contributed by atoms with van der Waals surface area (Å²) in [5.41, 5.74) is 2.86. The number of aryl methyl sites for hydroxylation is 1. The lowest BCUT2D eigenvalue weighted by molar-refractivity contribution is -0.150. The Morgan fingerprint density at radius 2 is 2.08 bits per heavy atom. The topological polar surface area (TPSA) is 85.9 Å². The predicted molar refractivity (Wildman–Crippen MR) is 91.5 cm³/mol. The van der Waals surface area contributed by atoms with E-state index in [0.29, 0.717) is 6.54 Å². The van der Waals surface area contributed by atoms with Crippen molar-refractivity contribution in [1.82, 2.24) is 9.13 Å². The van der Waals surface area contributed by atoms with Crippen LogP contribution in [0.2, 0.25) is 0 Å². The van der Waals surface area contributed by atoms with Gasteiger partial charge in [-0.1, -0.05) is 26.0 Å². The largest absolute Gasteiger partial charge is 0.387 e. The summed E-state index contributed by atoms with van der Waals surface area (Å²) in [6.45, 7) is 5.22. The molecule has 0 aliphatic carbocycles. The number of rotatable bonds is 3. The molecule has 0 radical (unpaired) electrons. The van der Waals surface area contributed by atoms with Crippen molar-refractivity contribution < 1.29 is 19.7 Å². The highest BCUT2D eigenvalue weighted by molar-refractivity contribution is 5.81. The van der Waals surface area contributed by atoms with Crippen molar-refractivity contribution in [2.45, 2.75) is 63.4 Å². The first-order valence-corrected chi connectivity index (χ1v) is 8.62. The first-order chi connectivity index (χ1) is 11.8. The standard InChI is InChI=1S/C18H24N2O5/c1-18(2)7-8-19-13-10(18)5-4-6-11(13)20(17(19)23)9-12-14(21)15(22)16(24-3)25-12/h4-6,12,14-16,21-22H,7-9H2,1-3H3/t12-,14-,15-,16?/m1/s1. The fraction of sp³-hybridized carbons (Fsp3) is 0.611. The van der Waals surface area contributed by atoms with Gasteiger partial charge >= 0.3 is 5.69 Å². The van der Waals surface area contributed by atoms with Crippen LogP contribution in [-0.4, -0.2) is 51.1 Å². The van der Waals surface area contributed by atoms with Crippen molar-refractivity contribution in [3.8, 4) is 0 Å². The predicted octanol–water partition coefficient (Wildman–Crippen LogP) is 0.577. The minimum absolute atomic E-state index is 0.0127. The summed E-state index contributed by atoms with van der Waals surface area (Å²) in [5, 5.41) is 20.2. The molecule has 7 nitrogen and oxygen atoms in total. The maximum absolute atomic E-state index is 12.9. The number of aromatic nitrogens is 2. The molecule has 1 fully saturated rings. The third kappa shape index (κ3) is 2.38. The molecule has 2 aliphatic rings. The van der Waals surface area contributed by atoms with E-state index in [-0.39, 0.29) is 17.6 Å². The van der Waals surface area contributed by atoms with E-state index in [1.54, 1.807) is 4.57 Å². The minimum atomic E-state index is -1.12. The molecule has 1 unspecified atom stereocenters. The van der Waals surface area contributed by atoms with Crippen LogP contribution >= 0.6 is 0 Å². The lowest BCUT2D eigenvalue weighted by Crippen LogP contribution is -2.37. The Morgan fingerprint density at radius 1 is 1.32 bits per heavy atom. The second-order valence-corrected chi connectivity index (χ2v) is 7.61. The number of ether oxygens (including phenoxy) is 2. The molecule has 7 heteroatoms. The van der Waals surface area contributed by atoms with Crippen LogP contribution in [-0.2, 0) is 28.0 Å². The zero-order valence-corrected chi connectivity index (χ0v) is 14.7. The summed E-state index contributed by atoms with van der Waals surface area (Å²) in [4.78, 5) is 12.9. The highest BCUT2D eigenvalue weighted by Crippen LogP contribution is 2.37. The summed E-state index contributed by atoms with van der Waals surface area (Å²) in [6.07, 6.45) is -2.90. The summed E-state index contributed by atoms with van der Waals surface area (Å²) in [7, 11) is 1.41. The summed E-state index contributed by atoms with van der Waals surface area (Å²) in [6, 6.07) is 5.96. The van der Waals surface area contributed by atoms with E-state index in [4.69, 9.17) is 9.47 Å². The Balaban J connectivity index is 1.79. The Morgan fingerprint density at radius 3 is 2.76 bits per heavy atom. The molecule has 1 saturated heterocycles. The Bertz CT molecular complexity index is 868. The summed E-state index contributed by atoms with van der Waals surface area (Å²) < 4.78 is 14.1. The molecule has 4 rings (SSSR count). The average Bonchev–Trinajstić information content (AvgIpc) is 3.01. The van der Waals surface area contributed by atoms with Crippen LogP contribution in [0.5, 0.6) is 0 Å². The molecule has 3 heterocycles. The molecule has 1 aromatic carbocycles. The van der Waals surface area contributed by atoms with Crippen molar-refractivity contribution in [3.05, 3.63) is 34.2 Å². The van der Waals surface area contributed by atoms with Gasteiger partial charge in [0.2, 0.25) is 0 Å². The third-order valence-electron chi connectivity index (χ3n) is 5.64. The SMILES string of the molecule is COC1O[C@H](Cn2c(=O)n3c4c(cccc42)C(C)(C)CC3)[C@@H](O)[C@H]1O. The number of benzene rings is 1. The number of hydrogen-bond acceptors (Lipinski definition) is 5. The van der Waals surface area contributed by atoms with Crippen molar-refractivity contribution in [3.63, 3.8) is 0 Å². The molecule has 0 spiro atoms. The van der Waals surface area contributed by atoms with Crippen LogP contribution in [0.4, 0.5) is 0 Å². The molecule has 2 aliphatic heterocycles. The molecule has 136 valence electrons. The molecular formula is C18H24N2O5. The fourth-order valence-corrected chi connectivity index (χ4v) is 4.07. The van der Waals surface area contributed by atoms with Gasteiger partial charge in [-0.25, -0.2) is 4.79 Å². The number of methoxy groups -OCH3 is 1. The van der Waals surface area contributed by atoms with Crippen molar-refractivity contribution in [2.24, 2.45) is 0 Å². The maximum Gasteiger partial charge on any atom is 0.329 e. The smallest absolute Gasteiger partial charge is 0.329 e.